The number of thiazole rings is 1. The van der Waals surface area contributed by atoms with Gasteiger partial charge in [0, 0.05) is 12.6 Å². The van der Waals surface area contributed by atoms with Crippen molar-refractivity contribution in [1.29, 1.82) is 0 Å². The number of benzene rings is 2. The second kappa shape index (κ2) is 8.43. The molecule has 1 aromatic heterocycles. The lowest BCUT2D eigenvalue weighted by molar-refractivity contribution is -0.904. The third kappa shape index (κ3) is 4.29. The molecule has 3 aromatic rings. The number of nitrogens with one attached hydrogen (secondary N) is 1. The molecule has 2 aromatic carbocycles. The second-order valence-corrected chi connectivity index (χ2v) is 7.71. The Morgan fingerprint density at radius 1 is 1.15 bits per heavy atom. The van der Waals surface area contributed by atoms with Gasteiger partial charge in [0.15, 0.2) is 6.54 Å². The number of rotatable bonds is 7. The van der Waals surface area contributed by atoms with Crippen LogP contribution in [0.5, 0.6) is 0 Å². The van der Waals surface area contributed by atoms with Gasteiger partial charge in [0.1, 0.15) is 11.6 Å². The van der Waals surface area contributed by atoms with Gasteiger partial charge in [-0.05, 0) is 26.0 Å². The fourth-order valence-electron chi connectivity index (χ4n) is 2.99. The summed E-state index contributed by atoms with van der Waals surface area (Å²) in [5.74, 6) is 0.157. The van der Waals surface area contributed by atoms with E-state index in [0.717, 1.165) is 23.6 Å². The van der Waals surface area contributed by atoms with Gasteiger partial charge >= 0.3 is 0 Å². The smallest absolute Gasteiger partial charge is 0.278 e. The SMILES string of the molecule is CC[NH+](CC(=O)N(C)[C@@H](C)c1nc2ccccc2s1)Cc1ccccc1. The van der Waals surface area contributed by atoms with Gasteiger partial charge in [-0.3, -0.25) is 4.79 Å². The number of carbonyl (C=O) groups excluding carboxylic acids is 1. The molecule has 2 atom stereocenters. The average molecular weight is 369 g/mol. The number of para-hydroxylation sites is 1. The number of carbonyl (C=O) groups is 1. The van der Waals surface area contributed by atoms with Crippen molar-refractivity contribution in [2.75, 3.05) is 20.1 Å². The molecule has 1 unspecified atom stereocenters. The van der Waals surface area contributed by atoms with Gasteiger partial charge < -0.3 is 9.80 Å². The summed E-state index contributed by atoms with van der Waals surface area (Å²) in [4.78, 5) is 20.6. The maximum Gasteiger partial charge on any atom is 0.278 e. The number of fused-ring (bicyclic) bond motifs is 1. The van der Waals surface area contributed by atoms with Crippen LogP contribution in [-0.4, -0.2) is 35.9 Å². The van der Waals surface area contributed by atoms with Gasteiger partial charge in [-0.25, -0.2) is 4.98 Å². The molecule has 0 aliphatic rings. The van der Waals surface area contributed by atoms with Gasteiger partial charge in [-0.2, -0.15) is 0 Å². The minimum absolute atomic E-state index is 0.0188. The Bertz CT molecular complexity index is 829. The molecule has 1 N–H and O–H groups in total. The van der Waals surface area contributed by atoms with Gasteiger partial charge in [-0.1, -0.05) is 42.5 Å². The first kappa shape index (κ1) is 18.5. The second-order valence-electron chi connectivity index (χ2n) is 6.64. The molecular weight excluding hydrogens is 342 g/mol. The minimum Gasteiger partial charge on any atom is -0.332 e. The Hall–Kier alpha value is -2.24. The van der Waals surface area contributed by atoms with Gasteiger partial charge in [-0.15, -0.1) is 11.3 Å². The van der Waals surface area contributed by atoms with Crippen molar-refractivity contribution in [3.63, 3.8) is 0 Å². The number of quaternary nitrogens is 1. The summed E-state index contributed by atoms with van der Waals surface area (Å²) >= 11 is 1.67. The zero-order valence-corrected chi connectivity index (χ0v) is 16.4. The summed E-state index contributed by atoms with van der Waals surface area (Å²) in [6, 6.07) is 18.5. The van der Waals surface area contributed by atoms with Crippen molar-refractivity contribution in [2.24, 2.45) is 0 Å². The molecule has 0 spiro atoms. The van der Waals surface area contributed by atoms with E-state index in [9.17, 15) is 4.79 Å². The summed E-state index contributed by atoms with van der Waals surface area (Å²) in [6.07, 6.45) is 0. The Balaban J connectivity index is 1.65. The van der Waals surface area contributed by atoms with Crippen LogP contribution in [0.25, 0.3) is 10.2 Å². The van der Waals surface area contributed by atoms with Gasteiger partial charge in [0.25, 0.3) is 5.91 Å². The Labute approximate surface area is 159 Å². The molecule has 3 rings (SSSR count). The largest absolute Gasteiger partial charge is 0.332 e. The Morgan fingerprint density at radius 3 is 2.54 bits per heavy atom. The highest BCUT2D eigenvalue weighted by molar-refractivity contribution is 7.18. The van der Waals surface area contributed by atoms with Crippen molar-refractivity contribution in [1.82, 2.24) is 9.88 Å². The van der Waals surface area contributed by atoms with E-state index in [1.54, 1.807) is 11.3 Å². The summed E-state index contributed by atoms with van der Waals surface area (Å²) in [7, 11) is 1.88. The molecule has 0 aliphatic carbocycles. The molecule has 0 bridgehead atoms. The molecule has 136 valence electrons. The molecule has 0 aliphatic heterocycles. The Kier molecular flexibility index (Phi) is 6.01. The number of aromatic nitrogens is 1. The van der Waals surface area contributed by atoms with E-state index in [0.29, 0.717) is 6.54 Å². The average Bonchev–Trinajstić information content (AvgIpc) is 3.11. The van der Waals surface area contributed by atoms with Crippen molar-refractivity contribution < 1.29 is 9.69 Å². The molecule has 4 nitrogen and oxygen atoms in total. The van der Waals surface area contributed by atoms with Crippen molar-refractivity contribution in [3.8, 4) is 0 Å². The van der Waals surface area contributed by atoms with Gasteiger partial charge in [0.05, 0.1) is 22.8 Å². The third-order valence-electron chi connectivity index (χ3n) is 4.84. The molecule has 0 fully saturated rings. The molecule has 0 saturated heterocycles. The van der Waals surface area contributed by atoms with Crippen LogP contribution in [0.4, 0.5) is 0 Å². The van der Waals surface area contributed by atoms with Crippen LogP contribution in [0.3, 0.4) is 0 Å². The third-order valence-corrected chi connectivity index (χ3v) is 6.05. The molecule has 1 heterocycles. The van der Waals surface area contributed by atoms with E-state index in [4.69, 9.17) is 4.98 Å². The van der Waals surface area contributed by atoms with E-state index in [1.807, 2.05) is 48.3 Å². The highest BCUT2D eigenvalue weighted by Crippen LogP contribution is 2.28. The fourth-order valence-corrected chi connectivity index (χ4v) is 4.05. The standard InChI is InChI=1S/C21H25N3OS/c1-4-24(14-17-10-6-5-7-11-17)15-20(25)23(3)16(2)21-22-18-12-8-9-13-19(18)26-21/h5-13,16H,4,14-15H2,1-3H3/p+1/t16-/m0/s1. The lowest BCUT2D eigenvalue weighted by atomic mass is 10.2. The predicted molar refractivity (Wildman–Crippen MR) is 107 cm³/mol. The maximum atomic E-state index is 12.8. The number of hydrogen-bond donors (Lipinski definition) is 1. The zero-order valence-electron chi connectivity index (χ0n) is 15.6. The number of amides is 1. The van der Waals surface area contributed by atoms with Crippen LogP contribution >= 0.6 is 11.3 Å². The minimum atomic E-state index is -0.0188. The monoisotopic (exact) mass is 368 g/mol. The summed E-state index contributed by atoms with van der Waals surface area (Å²) in [5.41, 5.74) is 2.27. The van der Waals surface area contributed by atoms with Crippen LogP contribution in [0.1, 0.15) is 30.5 Å². The van der Waals surface area contributed by atoms with E-state index in [1.165, 1.54) is 15.2 Å². The lowest BCUT2D eigenvalue weighted by Gasteiger charge is -2.25. The molecule has 26 heavy (non-hydrogen) atoms. The number of hydrogen-bond acceptors (Lipinski definition) is 3. The molecule has 0 radical (unpaired) electrons. The van der Waals surface area contributed by atoms with Crippen LogP contribution in [0.15, 0.2) is 54.6 Å². The van der Waals surface area contributed by atoms with Crippen molar-refractivity contribution in [3.05, 3.63) is 65.2 Å². The normalized spacial score (nSPS) is 13.5. The maximum absolute atomic E-state index is 12.8. The lowest BCUT2D eigenvalue weighted by Crippen LogP contribution is -3.11. The molecule has 1 amide bonds. The van der Waals surface area contributed by atoms with E-state index in [2.05, 4.69) is 32.0 Å². The van der Waals surface area contributed by atoms with E-state index < -0.39 is 0 Å². The molecule has 0 saturated carbocycles. The van der Waals surface area contributed by atoms with E-state index in [-0.39, 0.29) is 11.9 Å². The van der Waals surface area contributed by atoms with Crippen molar-refractivity contribution in [2.45, 2.75) is 26.4 Å². The first-order valence-electron chi connectivity index (χ1n) is 9.07. The first-order chi connectivity index (χ1) is 12.6. The summed E-state index contributed by atoms with van der Waals surface area (Å²) < 4.78 is 1.17. The van der Waals surface area contributed by atoms with Crippen LogP contribution in [-0.2, 0) is 11.3 Å². The first-order valence-corrected chi connectivity index (χ1v) is 9.88. The summed E-state index contributed by atoms with van der Waals surface area (Å²) in [5, 5.41) is 0.989. The molecular formula is C21H26N3OS+. The van der Waals surface area contributed by atoms with Crippen LogP contribution in [0.2, 0.25) is 0 Å². The van der Waals surface area contributed by atoms with E-state index >= 15 is 0 Å². The quantitative estimate of drug-likeness (QED) is 0.696. The summed E-state index contributed by atoms with van der Waals surface area (Å²) in [6.45, 7) is 6.47. The van der Waals surface area contributed by atoms with Crippen LogP contribution in [0, 0.1) is 0 Å². The van der Waals surface area contributed by atoms with Crippen LogP contribution < -0.4 is 4.90 Å². The fraction of sp³-hybridized carbons (Fsp3) is 0.333. The Morgan fingerprint density at radius 2 is 1.85 bits per heavy atom. The van der Waals surface area contributed by atoms with Crippen molar-refractivity contribution >= 4 is 27.5 Å². The molecule has 5 heteroatoms. The topological polar surface area (TPSA) is 37.6 Å². The number of likely N-dealkylation sites (N-methyl/N-ethyl adjacent to an activating group) is 2. The number of nitrogens with zero attached hydrogens (tertiary/aromatic N) is 2. The highest BCUT2D eigenvalue weighted by atomic mass is 32.1. The zero-order chi connectivity index (χ0) is 18.5. The van der Waals surface area contributed by atoms with Gasteiger partial charge in [0.2, 0.25) is 0 Å². The predicted octanol–water partition coefficient (Wildman–Crippen LogP) is 2.92. The highest BCUT2D eigenvalue weighted by Gasteiger charge is 2.23.